The van der Waals surface area contributed by atoms with Crippen LogP contribution in [0.1, 0.15) is 188 Å². The van der Waals surface area contributed by atoms with Gasteiger partial charge in [0.15, 0.2) is 8.11 Å². The summed E-state index contributed by atoms with van der Waals surface area (Å²) in [5.41, 5.74) is 27.4. The highest BCUT2D eigenvalue weighted by atomic mass is 35.6. The molecule has 0 nitrogen and oxygen atoms in total. The second-order valence-corrected chi connectivity index (χ2v) is 26.4. The maximum atomic E-state index is 7.78. The number of fused-ring (bicyclic) bond motifs is 4. The molecule has 0 saturated heterocycles. The van der Waals surface area contributed by atoms with E-state index in [4.69, 9.17) is 11.1 Å². The van der Waals surface area contributed by atoms with E-state index in [0.29, 0.717) is 11.8 Å². The van der Waals surface area contributed by atoms with Crippen LogP contribution in [0.3, 0.4) is 0 Å². The maximum Gasteiger partial charge on any atom is 0.167 e. The van der Waals surface area contributed by atoms with Crippen molar-refractivity contribution in [3.05, 3.63) is 126 Å². The van der Waals surface area contributed by atoms with Gasteiger partial charge in [0.25, 0.3) is 0 Å². The largest absolute Gasteiger partial charge is 0.169 e. The van der Waals surface area contributed by atoms with Crippen molar-refractivity contribution in [3.63, 3.8) is 0 Å². The van der Waals surface area contributed by atoms with Gasteiger partial charge in [-0.15, -0.1) is 0 Å². The van der Waals surface area contributed by atoms with E-state index in [9.17, 15) is 0 Å². The fourth-order valence-electron chi connectivity index (χ4n) is 10.6. The molecule has 8 rings (SSSR count). The first kappa shape index (κ1) is 41.6. The Kier molecular flexibility index (Phi) is 10.4. The lowest BCUT2D eigenvalue weighted by molar-refractivity contribution is 0.568. The van der Waals surface area contributed by atoms with Crippen LogP contribution < -0.4 is 0 Å². The van der Waals surface area contributed by atoms with E-state index in [1.807, 2.05) is 0 Å². The van der Waals surface area contributed by atoms with Gasteiger partial charge in [-0.1, -0.05) is 155 Å². The molecule has 4 aliphatic carbocycles. The molecule has 0 fully saturated rings. The molecule has 0 spiro atoms. The van der Waals surface area contributed by atoms with Gasteiger partial charge in [0.05, 0.1) is 0 Å². The minimum atomic E-state index is -1.20. The lowest BCUT2D eigenvalue weighted by Crippen LogP contribution is -2.17. The Morgan fingerprint density at radius 2 is 0.810 bits per heavy atom. The quantitative estimate of drug-likeness (QED) is 0.134. The minimum Gasteiger partial charge on any atom is -0.169 e. The summed E-state index contributed by atoms with van der Waals surface area (Å²) >= 11 is 7.78. The smallest absolute Gasteiger partial charge is 0.167 e. The van der Waals surface area contributed by atoms with Crippen molar-refractivity contribution in [3.8, 4) is 22.3 Å². The molecule has 4 aliphatic rings. The molecule has 0 aliphatic heterocycles. The third kappa shape index (κ3) is 7.59. The fraction of sp³-hybridized carbons (Fsp3) is 0.500. The lowest BCUT2D eigenvalue weighted by Gasteiger charge is -2.28. The summed E-state index contributed by atoms with van der Waals surface area (Å²) in [6, 6.07) is 22.4. The van der Waals surface area contributed by atoms with Crippen LogP contribution >= 0.6 is 11.1 Å². The van der Waals surface area contributed by atoms with Crippen LogP contribution in [0.25, 0.3) is 34.4 Å². The molecular formula is C56H70ClSi. The first-order valence-electron chi connectivity index (χ1n) is 22.6. The van der Waals surface area contributed by atoms with Gasteiger partial charge in [0.2, 0.25) is 0 Å². The van der Waals surface area contributed by atoms with Crippen molar-refractivity contribution in [2.75, 3.05) is 0 Å². The summed E-state index contributed by atoms with van der Waals surface area (Å²) < 4.78 is 0. The van der Waals surface area contributed by atoms with Gasteiger partial charge in [0, 0.05) is 11.8 Å². The number of hydrogen-bond donors (Lipinski definition) is 0. The summed E-state index contributed by atoms with van der Waals surface area (Å²) in [6.45, 7) is 33.2. The normalized spacial score (nSPS) is 19.0. The predicted molar refractivity (Wildman–Crippen MR) is 257 cm³/mol. The average molecular weight is 807 g/mol. The SMILES string of the molecule is CC1=Cc2c(cc3c(c2-c2cc(C(C)(C)C)cc(C(C)(C)C)c2)CCC3)C1C[Si](Cl)CC1C(C)=Cc2c1cc1c(c2-c2cc(C(C)(C)C)cc(C(C)(C)C)c2)CCC1. The average Bonchev–Trinajstić information content (AvgIpc) is 3.91. The van der Waals surface area contributed by atoms with Crippen molar-refractivity contribution in [2.45, 2.75) is 181 Å². The van der Waals surface area contributed by atoms with Crippen LogP contribution in [0.15, 0.2) is 59.7 Å². The maximum absolute atomic E-state index is 7.78. The molecule has 2 heteroatoms. The second kappa shape index (κ2) is 14.5. The molecule has 4 aromatic carbocycles. The number of hydrogen-bond acceptors (Lipinski definition) is 0. The van der Waals surface area contributed by atoms with Crippen LogP contribution in [-0.2, 0) is 47.3 Å². The molecule has 0 saturated carbocycles. The van der Waals surface area contributed by atoms with E-state index >= 15 is 0 Å². The van der Waals surface area contributed by atoms with Gasteiger partial charge in [0.1, 0.15) is 0 Å². The Balaban J connectivity index is 1.15. The van der Waals surface area contributed by atoms with Crippen molar-refractivity contribution < 1.29 is 0 Å². The van der Waals surface area contributed by atoms with Crippen LogP contribution in [0.4, 0.5) is 0 Å². The number of halogens is 1. The van der Waals surface area contributed by atoms with Crippen molar-refractivity contribution in [2.24, 2.45) is 0 Å². The van der Waals surface area contributed by atoms with Gasteiger partial charge in [-0.25, -0.2) is 0 Å². The van der Waals surface area contributed by atoms with Gasteiger partial charge in [-0.2, -0.15) is 11.1 Å². The summed E-state index contributed by atoms with van der Waals surface area (Å²) in [5.74, 6) is 0.797. The molecule has 0 bridgehead atoms. The summed E-state index contributed by atoms with van der Waals surface area (Å²) in [4.78, 5) is 0. The summed E-state index contributed by atoms with van der Waals surface area (Å²) in [6.07, 6.45) is 12.4. The molecule has 305 valence electrons. The molecule has 0 amide bonds. The fourth-order valence-corrected chi connectivity index (χ4v) is 13.7. The second-order valence-electron chi connectivity index (χ2n) is 22.9. The zero-order chi connectivity index (χ0) is 41.9. The zero-order valence-corrected chi connectivity index (χ0v) is 40.2. The molecule has 0 heterocycles. The van der Waals surface area contributed by atoms with E-state index in [-0.39, 0.29) is 21.7 Å². The molecule has 0 aromatic heterocycles. The molecule has 2 unspecified atom stereocenters. The van der Waals surface area contributed by atoms with Crippen LogP contribution in [0.5, 0.6) is 0 Å². The first-order valence-corrected chi connectivity index (χ1v) is 25.5. The highest BCUT2D eigenvalue weighted by Crippen LogP contribution is 2.52. The first-order chi connectivity index (χ1) is 27.0. The lowest BCUT2D eigenvalue weighted by atomic mass is 9.77. The molecule has 4 aromatic rings. The molecule has 2 atom stereocenters. The highest BCUT2D eigenvalue weighted by molar-refractivity contribution is 7.07. The van der Waals surface area contributed by atoms with Crippen molar-refractivity contribution in [1.29, 1.82) is 0 Å². The van der Waals surface area contributed by atoms with Crippen LogP contribution in [0.2, 0.25) is 12.1 Å². The van der Waals surface area contributed by atoms with Gasteiger partial charge in [-0.05, 0) is 175 Å². The Morgan fingerprint density at radius 1 is 0.483 bits per heavy atom. The van der Waals surface area contributed by atoms with E-state index in [0.717, 1.165) is 12.1 Å². The third-order valence-corrected chi connectivity index (χ3v) is 16.9. The zero-order valence-electron chi connectivity index (χ0n) is 38.5. The topological polar surface area (TPSA) is 0 Å². The van der Waals surface area contributed by atoms with Crippen molar-refractivity contribution in [1.82, 2.24) is 0 Å². The Morgan fingerprint density at radius 3 is 1.12 bits per heavy atom. The number of allylic oxidation sites excluding steroid dienone is 2. The number of aryl methyl sites for hydroxylation is 2. The van der Waals surface area contributed by atoms with Gasteiger partial charge >= 0.3 is 0 Å². The van der Waals surface area contributed by atoms with Crippen molar-refractivity contribution >= 4 is 31.3 Å². The van der Waals surface area contributed by atoms with Crippen LogP contribution in [-0.4, -0.2) is 8.11 Å². The molecular weight excluding hydrogens is 736 g/mol. The van der Waals surface area contributed by atoms with E-state index in [2.05, 4.69) is 158 Å². The number of rotatable bonds is 6. The minimum absolute atomic E-state index is 0.0828. The van der Waals surface area contributed by atoms with Crippen LogP contribution in [0, 0.1) is 0 Å². The van der Waals surface area contributed by atoms with E-state index in [1.165, 1.54) is 105 Å². The van der Waals surface area contributed by atoms with Gasteiger partial charge < -0.3 is 0 Å². The number of benzene rings is 4. The predicted octanol–water partition coefficient (Wildman–Crippen LogP) is 16.1. The molecule has 58 heavy (non-hydrogen) atoms. The Hall–Kier alpha value is -3.13. The van der Waals surface area contributed by atoms with E-state index < -0.39 is 8.11 Å². The standard InChI is InChI=1S/C56H70ClSi/c1-33-21-47-45(27-35-17-15-19-43(35)51(47)37-23-39(53(3,4)5)29-40(24-37)54(6,7)8)49(33)31-58(57)32-50-34(2)22-48-46(50)28-36-18-16-20-44(36)52(48)38-25-41(55(9,10)11)30-42(26-38)56(12,13)14/h21-30,49-50H,15-20,31-32H2,1-14H3. The monoisotopic (exact) mass is 805 g/mol. The summed E-state index contributed by atoms with van der Waals surface area (Å²) in [7, 11) is -1.20. The Labute approximate surface area is 359 Å². The molecule has 0 N–H and O–H groups in total. The molecule has 1 radical (unpaired) electrons. The highest BCUT2D eigenvalue weighted by Gasteiger charge is 2.36. The van der Waals surface area contributed by atoms with Gasteiger partial charge in [-0.3, -0.25) is 0 Å². The Bertz CT molecular complexity index is 2140. The summed E-state index contributed by atoms with van der Waals surface area (Å²) in [5, 5.41) is 0. The third-order valence-electron chi connectivity index (χ3n) is 14.3. The van der Waals surface area contributed by atoms with E-state index in [1.54, 1.807) is 33.4 Å².